The van der Waals surface area contributed by atoms with Crippen LogP contribution in [0, 0.1) is 6.92 Å². The molecule has 0 saturated carbocycles. The number of hydrogen-bond donors (Lipinski definition) is 1. The topological polar surface area (TPSA) is 35.2 Å². The zero-order valence-corrected chi connectivity index (χ0v) is 11.2. The van der Waals surface area contributed by atoms with Crippen LogP contribution in [-0.2, 0) is 6.42 Å². The lowest BCUT2D eigenvalue weighted by molar-refractivity contribution is 0.410. The van der Waals surface area contributed by atoms with Crippen LogP contribution in [0.4, 0.5) is 0 Å². The molecule has 0 aliphatic rings. The Kier molecular flexibility index (Phi) is 5.71. The molecule has 1 aromatic rings. The molecule has 0 radical (unpaired) electrons. The number of ether oxygens (including phenoxy) is 1. The van der Waals surface area contributed by atoms with Crippen LogP contribution in [-0.4, -0.2) is 19.9 Å². The minimum atomic E-state index is 0.775. The Bertz CT molecular complexity index is 339. The van der Waals surface area contributed by atoms with Crippen molar-refractivity contribution < 1.29 is 4.74 Å². The summed E-state index contributed by atoms with van der Waals surface area (Å²) in [6, 6.07) is 4.37. The molecule has 2 nitrogen and oxygen atoms in total. The quantitative estimate of drug-likeness (QED) is 0.612. The van der Waals surface area contributed by atoms with Gasteiger partial charge in [0.25, 0.3) is 0 Å². The summed E-state index contributed by atoms with van der Waals surface area (Å²) in [5, 5.41) is 0. The molecule has 1 aromatic carbocycles. The summed E-state index contributed by atoms with van der Waals surface area (Å²) in [5.74, 6) is 0.987. The molecular weight excluding hydrogens is 218 g/mol. The van der Waals surface area contributed by atoms with Crippen molar-refractivity contribution in [3.63, 3.8) is 0 Å². The van der Waals surface area contributed by atoms with Gasteiger partial charge in [0.05, 0.1) is 7.11 Å². The largest absolute Gasteiger partial charge is 0.496 e. The molecule has 0 heterocycles. The lowest BCUT2D eigenvalue weighted by atomic mass is 10.1. The second kappa shape index (κ2) is 6.81. The maximum atomic E-state index is 5.51. The van der Waals surface area contributed by atoms with Crippen molar-refractivity contribution in [1.29, 1.82) is 0 Å². The van der Waals surface area contributed by atoms with Crippen molar-refractivity contribution in [2.75, 3.05) is 19.9 Å². The summed E-state index contributed by atoms with van der Waals surface area (Å²) in [5.41, 5.74) is 8.09. The second-order valence-corrected chi connectivity index (χ2v) is 4.73. The SMILES string of the molecule is COc1cc(CCCCN)c(SC)cc1C. The minimum Gasteiger partial charge on any atom is -0.496 e. The summed E-state index contributed by atoms with van der Waals surface area (Å²) in [6.45, 7) is 2.86. The van der Waals surface area contributed by atoms with E-state index in [2.05, 4.69) is 25.3 Å². The van der Waals surface area contributed by atoms with Crippen molar-refractivity contribution in [3.05, 3.63) is 23.3 Å². The Morgan fingerprint density at radius 2 is 2.06 bits per heavy atom. The van der Waals surface area contributed by atoms with Crippen molar-refractivity contribution in [2.45, 2.75) is 31.1 Å². The van der Waals surface area contributed by atoms with E-state index in [0.717, 1.165) is 31.6 Å². The Labute approximate surface area is 103 Å². The van der Waals surface area contributed by atoms with E-state index in [9.17, 15) is 0 Å². The maximum Gasteiger partial charge on any atom is 0.122 e. The van der Waals surface area contributed by atoms with Crippen molar-refractivity contribution in [3.8, 4) is 5.75 Å². The highest BCUT2D eigenvalue weighted by molar-refractivity contribution is 7.98. The van der Waals surface area contributed by atoms with E-state index >= 15 is 0 Å². The van der Waals surface area contributed by atoms with Gasteiger partial charge in [-0.25, -0.2) is 0 Å². The number of aryl methyl sites for hydroxylation is 2. The van der Waals surface area contributed by atoms with E-state index in [1.54, 1.807) is 18.9 Å². The first kappa shape index (κ1) is 13.4. The smallest absolute Gasteiger partial charge is 0.122 e. The van der Waals surface area contributed by atoms with Gasteiger partial charge in [0.15, 0.2) is 0 Å². The summed E-state index contributed by atoms with van der Waals surface area (Å²) in [6.07, 6.45) is 5.44. The van der Waals surface area contributed by atoms with Crippen LogP contribution >= 0.6 is 11.8 Å². The van der Waals surface area contributed by atoms with Gasteiger partial charge in [-0.1, -0.05) is 0 Å². The summed E-state index contributed by atoms with van der Waals surface area (Å²) in [4.78, 5) is 1.36. The van der Waals surface area contributed by atoms with Gasteiger partial charge in [0.1, 0.15) is 5.75 Å². The molecule has 0 saturated heterocycles. The van der Waals surface area contributed by atoms with Gasteiger partial charge < -0.3 is 10.5 Å². The molecule has 0 aliphatic heterocycles. The highest BCUT2D eigenvalue weighted by Gasteiger charge is 2.07. The summed E-state index contributed by atoms with van der Waals surface area (Å²) >= 11 is 1.80. The average Bonchev–Trinajstić information content (AvgIpc) is 2.30. The fourth-order valence-electron chi connectivity index (χ4n) is 1.77. The normalized spacial score (nSPS) is 10.5. The standard InChI is InChI=1S/C13H21NOS/c1-10-8-13(16-3)11(6-4-5-7-14)9-12(10)15-2/h8-9H,4-7,14H2,1-3H3. The lowest BCUT2D eigenvalue weighted by Crippen LogP contribution is -2.00. The van der Waals surface area contributed by atoms with Crippen LogP contribution in [0.25, 0.3) is 0 Å². The van der Waals surface area contributed by atoms with Crippen LogP contribution in [0.15, 0.2) is 17.0 Å². The Hall–Kier alpha value is -0.670. The predicted molar refractivity (Wildman–Crippen MR) is 71.5 cm³/mol. The van der Waals surface area contributed by atoms with E-state index in [-0.39, 0.29) is 0 Å². The lowest BCUT2D eigenvalue weighted by Gasteiger charge is -2.12. The molecule has 16 heavy (non-hydrogen) atoms. The zero-order valence-electron chi connectivity index (χ0n) is 10.4. The van der Waals surface area contributed by atoms with Gasteiger partial charge >= 0.3 is 0 Å². The molecular formula is C13H21NOS. The van der Waals surface area contributed by atoms with Crippen molar-refractivity contribution in [1.82, 2.24) is 0 Å². The third-order valence-electron chi connectivity index (χ3n) is 2.70. The van der Waals surface area contributed by atoms with E-state index in [1.807, 2.05) is 0 Å². The highest BCUT2D eigenvalue weighted by atomic mass is 32.2. The first-order chi connectivity index (χ1) is 7.72. The van der Waals surface area contributed by atoms with Crippen molar-refractivity contribution in [2.24, 2.45) is 5.73 Å². The number of unbranched alkanes of at least 4 members (excludes halogenated alkanes) is 1. The number of nitrogens with two attached hydrogens (primary N) is 1. The molecule has 0 bridgehead atoms. The Morgan fingerprint density at radius 1 is 1.31 bits per heavy atom. The van der Waals surface area contributed by atoms with E-state index in [4.69, 9.17) is 10.5 Å². The number of methoxy groups -OCH3 is 1. The molecule has 3 heteroatoms. The molecule has 90 valence electrons. The number of benzene rings is 1. The molecule has 2 N–H and O–H groups in total. The minimum absolute atomic E-state index is 0.775. The number of thioether (sulfide) groups is 1. The predicted octanol–water partition coefficient (Wildman–Crippen LogP) is 3.01. The van der Waals surface area contributed by atoms with Crippen molar-refractivity contribution >= 4 is 11.8 Å². The Morgan fingerprint density at radius 3 is 2.62 bits per heavy atom. The van der Waals surface area contributed by atoms with Crippen LogP contribution < -0.4 is 10.5 Å². The third kappa shape index (κ3) is 3.42. The first-order valence-corrected chi connectivity index (χ1v) is 6.87. The molecule has 0 fully saturated rings. The van der Waals surface area contributed by atoms with Gasteiger partial charge in [-0.3, -0.25) is 0 Å². The highest BCUT2D eigenvalue weighted by Crippen LogP contribution is 2.29. The van der Waals surface area contributed by atoms with Crippen LogP contribution in [0.2, 0.25) is 0 Å². The van der Waals surface area contributed by atoms with E-state index in [1.165, 1.54) is 16.0 Å². The van der Waals surface area contributed by atoms with Crippen LogP contribution in [0.3, 0.4) is 0 Å². The number of rotatable bonds is 6. The summed E-state index contributed by atoms with van der Waals surface area (Å²) < 4.78 is 5.36. The third-order valence-corrected chi connectivity index (χ3v) is 3.52. The zero-order chi connectivity index (χ0) is 12.0. The van der Waals surface area contributed by atoms with Gasteiger partial charge in [-0.2, -0.15) is 0 Å². The maximum absolute atomic E-state index is 5.51. The fourth-order valence-corrected chi connectivity index (χ4v) is 2.49. The second-order valence-electron chi connectivity index (χ2n) is 3.88. The van der Waals surface area contributed by atoms with Gasteiger partial charge in [-0.15, -0.1) is 11.8 Å². The number of hydrogen-bond acceptors (Lipinski definition) is 3. The van der Waals surface area contributed by atoms with Crippen LogP contribution in [0.5, 0.6) is 5.75 Å². The first-order valence-electron chi connectivity index (χ1n) is 5.64. The molecule has 1 rings (SSSR count). The molecule has 0 aromatic heterocycles. The van der Waals surface area contributed by atoms with Gasteiger partial charge in [-0.05, 0) is 62.2 Å². The average molecular weight is 239 g/mol. The molecule has 0 atom stereocenters. The van der Waals surface area contributed by atoms with Gasteiger partial charge in [0, 0.05) is 4.90 Å². The molecule has 0 amide bonds. The van der Waals surface area contributed by atoms with E-state index in [0.29, 0.717) is 0 Å². The molecule has 0 spiro atoms. The summed E-state index contributed by atoms with van der Waals surface area (Å²) in [7, 11) is 1.73. The monoisotopic (exact) mass is 239 g/mol. The van der Waals surface area contributed by atoms with Crippen LogP contribution in [0.1, 0.15) is 24.0 Å². The van der Waals surface area contributed by atoms with E-state index < -0.39 is 0 Å². The Balaban J connectivity index is 2.86. The molecule has 0 unspecified atom stereocenters. The molecule has 0 aliphatic carbocycles. The van der Waals surface area contributed by atoms with Gasteiger partial charge in [0.2, 0.25) is 0 Å². The fraction of sp³-hybridized carbons (Fsp3) is 0.538.